The Bertz CT molecular complexity index is 688. The van der Waals surface area contributed by atoms with Crippen molar-refractivity contribution in [1.29, 1.82) is 5.41 Å². The maximum Gasteiger partial charge on any atom is 0.326 e. The van der Waals surface area contributed by atoms with Gasteiger partial charge < -0.3 is 9.30 Å². The van der Waals surface area contributed by atoms with Gasteiger partial charge in [0.25, 0.3) is 0 Å². The number of carbonyl (C=O) groups excluding carboxylic acids is 1. The summed E-state index contributed by atoms with van der Waals surface area (Å²) >= 11 is 1.50. The molecule has 0 spiro atoms. The summed E-state index contributed by atoms with van der Waals surface area (Å²) in [6.07, 6.45) is 4.34. The molecule has 1 aliphatic carbocycles. The smallest absolute Gasteiger partial charge is 0.326 e. The molecule has 4 nitrogen and oxygen atoms in total. The normalized spacial score (nSPS) is 13.7. The number of rotatable bonds is 4. The number of hydrogen-bond donors (Lipinski definition) is 1. The average Bonchev–Trinajstić information content (AvgIpc) is 2.82. The molecule has 1 aromatic heterocycles. The summed E-state index contributed by atoms with van der Waals surface area (Å²) in [7, 11) is 0. The van der Waals surface area contributed by atoms with Gasteiger partial charge in [-0.25, -0.2) is 0 Å². The molecule has 3 rings (SSSR count). The van der Waals surface area contributed by atoms with Gasteiger partial charge in [0.05, 0.1) is 0 Å². The van der Waals surface area contributed by atoms with Crippen molar-refractivity contribution in [3.63, 3.8) is 0 Å². The lowest BCUT2D eigenvalue weighted by Crippen LogP contribution is -2.23. The summed E-state index contributed by atoms with van der Waals surface area (Å²) in [5.74, 6) is -0.275. The van der Waals surface area contributed by atoms with Gasteiger partial charge in [0.2, 0.25) is 0 Å². The number of ether oxygens (including phenoxy) is 1. The Morgan fingerprint density at radius 3 is 2.81 bits per heavy atom. The molecule has 1 N–H and O–H groups in total. The first-order chi connectivity index (χ1) is 10.2. The van der Waals surface area contributed by atoms with E-state index in [1.807, 2.05) is 34.9 Å². The Morgan fingerprint density at radius 2 is 2.00 bits per heavy atom. The number of benzene rings is 1. The van der Waals surface area contributed by atoms with E-state index in [4.69, 9.17) is 10.1 Å². The molecule has 1 aliphatic rings. The number of thiazole rings is 1. The van der Waals surface area contributed by atoms with Crippen LogP contribution in [0.25, 0.3) is 0 Å². The van der Waals surface area contributed by atoms with Crippen LogP contribution >= 0.6 is 11.3 Å². The highest BCUT2D eigenvalue weighted by Crippen LogP contribution is 2.23. The first-order valence-electron chi connectivity index (χ1n) is 7.19. The third-order valence-corrected chi connectivity index (χ3v) is 4.81. The molecule has 21 heavy (non-hydrogen) atoms. The SMILES string of the molecule is N=c1sc2c(n1CC(=O)OCc1ccccc1)CCCC2. The molecule has 0 amide bonds. The molecule has 1 aromatic carbocycles. The molecule has 0 saturated heterocycles. The largest absolute Gasteiger partial charge is 0.459 e. The van der Waals surface area contributed by atoms with Crippen molar-refractivity contribution in [2.24, 2.45) is 0 Å². The zero-order chi connectivity index (χ0) is 14.7. The van der Waals surface area contributed by atoms with Crippen LogP contribution in [0, 0.1) is 5.41 Å². The lowest BCUT2D eigenvalue weighted by Gasteiger charge is -2.14. The van der Waals surface area contributed by atoms with E-state index in [0.29, 0.717) is 11.4 Å². The van der Waals surface area contributed by atoms with Gasteiger partial charge in [0.15, 0.2) is 4.80 Å². The monoisotopic (exact) mass is 302 g/mol. The summed E-state index contributed by atoms with van der Waals surface area (Å²) in [5.41, 5.74) is 2.14. The van der Waals surface area contributed by atoms with Gasteiger partial charge in [0, 0.05) is 10.6 Å². The van der Waals surface area contributed by atoms with Crippen LogP contribution in [0.3, 0.4) is 0 Å². The average molecular weight is 302 g/mol. The molecule has 0 atom stereocenters. The van der Waals surface area contributed by atoms with Crippen LogP contribution < -0.4 is 4.80 Å². The van der Waals surface area contributed by atoms with Crippen LogP contribution in [0.4, 0.5) is 0 Å². The van der Waals surface area contributed by atoms with Gasteiger partial charge in [0.1, 0.15) is 13.2 Å². The summed E-state index contributed by atoms with van der Waals surface area (Å²) in [6.45, 7) is 0.442. The number of aromatic nitrogens is 1. The fraction of sp³-hybridized carbons (Fsp3) is 0.375. The summed E-state index contributed by atoms with van der Waals surface area (Å²) in [6, 6.07) is 9.65. The summed E-state index contributed by atoms with van der Waals surface area (Å²) in [5, 5.41) is 8.03. The van der Waals surface area contributed by atoms with Crippen LogP contribution in [0.1, 0.15) is 29.0 Å². The second-order valence-corrected chi connectivity index (χ2v) is 6.30. The van der Waals surface area contributed by atoms with Gasteiger partial charge in [-0.05, 0) is 31.2 Å². The summed E-state index contributed by atoms with van der Waals surface area (Å²) in [4.78, 5) is 13.7. The van der Waals surface area contributed by atoms with Crippen LogP contribution in [-0.2, 0) is 35.5 Å². The highest BCUT2D eigenvalue weighted by Gasteiger charge is 2.18. The van der Waals surface area contributed by atoms with Crippen molar-refractivity contribution in [1.82, 2.24) is 4.57 Å². The minimum absolute atomic E-state index is 0.150. The Morgan fingerprint density at radius 1 is 1.24 bits per heavy atom. The highest BCUT2D eigenvalue weighted by atomic mass is 32.1. The van der Waals surface area contributed by atoms with E-state index < -0.39 is 0 Å². The number of nitrogens with one attached hydrogen (secondary N) is 1. The molecular formula is C16H18N2O2S. The van der Waals surface area contributed by atoms with Crippen molar-refractivity contribution in [2.45, 2.75) is 38.8 Å². The molecule has 0 unspecified atom stereocenters. The second kappa shape index (κ2) is 6.26. The highest BCUT2D eigenvalue weighted by molar-refractivity contribution is 7.09. The molecule has 0 saturated carbocycles. The third-order valence-electron chi connectivity index (χ3n) is 3.71. The van der Waals surface area contributed by atoms with Crippen molar-refractivity contribution < 1.29 is 9.53 Å². The minimum Gasteiger partial charge on any atom is -0.459 e. The van der Waals surface area contributed by atoms with Gasteiger partial charge in [-0.1, -0.05) is 30.3 Å². The number of hydrogen-bond acceptors (Lipinski definition) is 4. The van der Waals surface area contributed by atoms with Gasteiger partial charge >= 0.3 is 5.97 Å². The molecule has 0 radical (unpaired) electrons. The maximum atomic E-state index is 12.0. The van der Waals surface area contributed by atoms with Gasteiger partial charge in [-0.3, -0.25) is 10.2 Å². The molecule has 1 heterocycles. The first kappa shape index (κ1) is 14.1. The van der Waals surface area contributed by atoms with Crippen LogP contribution in [0.2, 0.25) is 0 Å². The zero-order valence-corrected chi connectivity index (χ0v) is 12.6. The van der Waals surface area contributed by atoms with E-state index >= 15 is 0 Å². The predicted octanol–water partition coefficient (Wildman–Crippen LogP) is 2.65. The number of nitrogens with zero attached hydrogens (tertiary/aromatic N) is 1. The number of aryl methyl sites for hydroxylation is 1. The number of carbonyl (C=O) groups is 1. The zero-order valence-electron chi connectivity index (χ0n) is 11.8. The molecular weight excluding hydrogens is 284 g/mol. The van der Waals surface area contributed by atoms with Crippen molar-refractivity contribution in [3.8, 4) is 0 Å². The molecule has 110 valence electrons. The Balaban J connectivity index is 1.65. The fourth-order valence-electron chi connectivity index (χ4n) is 2.63. The quantitative estimate of drug-likeness (QED) is 0.883. The first-order valence-corrected chi connectivity index (χ1v) is 8.01. The Hall–Kier alpha value is -1.88. The van der Waals surface area contributed by atoms with E-state index in [9.17, 15) is 4.79 Å². The van der Waals surface area contributed by atoms with E-state index in [0.717, 1.165) is 30.5 Å². The van der Waals surface area contributed by atoms with Crippen molar-refractivity contribution in [3.05, 3.63) is 51.3 Å². The van der Waals surface area contributed by atoms with E-state index in [1.54, 1.807) is 0 Å². The minimum atomic E-state index is -0.275. The summed E-state index contributed by atoms with van der Waals surface area (Å²) < 4.78 is 7.12. The Labute approximate surface area is 127 Å². The molecule has 0 aliphatic heterocycles. The van der Waals surface area contributed by atoms with Crippen LogP contribution in [0.15, 0.2) is 30.3 Å². The van der Waals surface area contributed by atoms with Crippen LogP contribution in [0.5, 0.6) is 0 Å². The third kappa shape index (κ3) is 3.24. The number of fused-ring (bicyclic) bond motifs is 1. The van der Waals surface area contributed by atoms with Crippen LogP contribution in [-0.4, -0.2) is 10.5 Å². The lowest BCUT2D eigenvalue weighted by molar-refractivity contribution is -0.145. The maximum absolute atomic E-state index is 12.0. The number of esters is 1. The van der Waals surface area contributed by atoms with Gasteiger partial charge in [-0.15, -0.1) is 11.3 Å². The fourth-order valence-corrected chi connectivity index (χ4v) is 3.73. The second-order valence-electron chi connectivity index (χ2n) is 5.22. The van der Waals surface area contributed by atoms with Gasteiger partial charge in [-0.2, -0.15) is 0 Å². The predicted molar refractivity (Wildman–Crippen MR) is 81.0 cm³/mol. The van der Waals surface area contributed by atoms with E-state index in [-0.39, 0.29) is 12.5 Å². The molecule has 2 aromatic rings. The lowest BCUT2D eigenvalue weighted by atomic mass is 10.0. The van der Waals surface area contributed by atoms with E-state index in [1.165, 1.54) is 22.6 Å². The standard InChI is InChI=1S/C16H18N2O2S/c17-16-18(13-8-4-5-9-14(13)21-16)10-15(19)20-11-12-6-2-1-3-7-12/h1-3,6-7,17H,4-5,8-11H2. The molecule has 5 heteroatoms. The van der Waals surface area contributed by atoms with Crippen molar-refractivity contribution >= 4 is 17.3 Å². The molecule has 0 bridgehead atoms. The van der Waals surface area contributed by atoms with E-state index in [2.05, 4.69) is 0 Å². The topological polar surface area (TPSA) is 55.1 Å². The Kier molecular flexibility index (Phi) is 4.20. The molecule has 0 fully saturated rings. The van der Waals surface area contributed by atoms with Crippen molar-refractivity contribution in [2.75, 3.05) is 0 Å².